The molecule has 2 atom stereocenters. The number of carboxylic acid groups (broad SMARTS) is 1. The monoisotopic (exact) mass is 405 g/mol. The number of amides is 3. The first-order valence-electron chi connectivity index (χ1n) is 9.35. The molecule has 10 nitrogen and oxygen atoms in total. The van der Waals surface area contributed by atoms with Crippen LogP contribution in [0.5, 0.6) is 11.5 Å². The lowest BCUT2D eigenvalue weighted by Crippen LogP contribution is -2.47. The van der Waals surface area contributed by atoms with E-state index in [0.717, 1.165) is 0 Å². The van der Waals surface area contributed by atoms with Crippen LogP contribution in [0, 0.1) is 5.92 Å². The van der Waals surface area contributed by atoms with Crippen molar-refractivity contribution in [3.63, 3.8) is 0 Å². The van der Waals surface area contributed by atoms with Gasteiger partial charge in [-0.25, -0.2) is 0 Å². The second-order valence-electron chi connectivity index (χ2n) is 6.90. The Bertz CT molecular complexity index is 826. The smallest absolute Gasteiger partial charge is 0.305 e. The number of fused-ring (bicyclic) bond motifs is 1. The van der Waals surface area contributed by atoms with Crippen molar-refractivity contribution in [1.29, 1.82) is 0 Å². The van der Waals surface area contributed by atoms with Gasteiger partial charge in [-0.05, 0) is 19.1 Å². The summed E-state index contributed by atoms with van der Waals surface area (Å²) in [4.78, 5) is 48.9. The van der Waals surface area contributed by atoms with Crippen LogP contribution in [0.25, 0.3) is 0 Å². The molecule has 3 amide bonds. The molecule has 2 heterocycles. The second-order valence-corrected chi connectivity index (χ2v) is 6.90. The highest BCUT2D eigenvalue weighted by atomic mass is 16.6. The lowest BCUT2D eigenvalue weighted by Gasteiger charge is -2.22. The third kappa shape index (κ3) is 4.95. The Kier molecular flexibility index (Phi) is 6.20. The number of rotatable bonds is 7. The van der Waals surface area contributed by atoms with Crippen molar-refractivity contribution >= 4 is 29.4 Å². The van der Waals surface area contributed by atoms with Crippen molar-refractivity contribution in [3.8, 4) is 11.5 Å². The molecular weight excluding hydrogens is 382 g/mol. The summed E-state index contributed by atoms with van der Waals surface area (Å²) in [5.74, 6) is -1.52. The normalized spacial score (nSPS) is 18.9. The maximum atomic E-state index is 12.5. The lowest BCUT2D eigenvalue weighted by molar-refractivity contribution is -0.137. The molecule has 10 heteroatoms. The van der Waals surface area contributed by atoms with Crippen LogP contribution in [-0.4, -0.2) is 61.1 Å². The molecule has 0 unspecified atom stereocenters. The van der Waals surface area contributed by atoms with Gasteiger partial charge in [0.05, 0.1) is 12.3 Å². The molecule has 0 spiro atoms. The number of ether oxygens (including phenoxy) is 2. The van der Waals surface area contributed by atoms with E-state index in [1.54, 1.807) is 18.2 Å². The summed E-state index contributed by atoms with van der Waals surface area (Å²) in [5.41, 5.74) is 0.619. The van der Waals surface area contributed by atoms with Gasteiger partial charge in [0, 0.05) is 31.3 Å². The van der Waals surface area contributed by atoms with Gasteiger partial charge in [0.1, 0.15) is 19.3 Å². The molecule has 1 aromatic carbocycles. The Balaban J connectivity index is 1.56. The minimum absolute atomic E-state index is 0.0197. The SMILES string of the molecule is C[C@H](NC(=O)[C@H]1CC(=O)N(c2ccc3c(c2)OCCO3)C1)C(=O)NCCC(=O)O. The summed E-state index contributed by atoms with van der Waals surface area (Å²) in [7, 11) is 0. The average Bonchev–Trinajstić information content (AvgIpc) is 3.09. The zero-order valence-corrected chi connectivity index (χ0v) is 16.0. The molecule has 1 saturated heterocycles. The highest BCUT2D eigenvalue weighted by Crippen LogP contribution is 2.35. The average molecular weight is 405 g/mol. The maximum Gasteiger partial charge on any atom is 0.305 e. The first-order chi connectivity index (χ1) is 13.8. The van der Waals surface area contributed by atoms with E-state index in [1.165, 1.54) is 11.8 Å². The molecule has 0 aromatic heterocycles. The summed E-state index contributed by atoms with van der Waals surface area (Å²) >= 11 is 0. The molecule has 29 heavy (non-hydrogen) atoms. The van der Waals surface area contributed by atoms with Gasteiger partial charge in [0.15, 0.2) is 11.5 Å². The van der Waals surface area contributed by atoms with Gasteiger partial charge in [-0.1, -0.05) is 0 Å². The minimum atomic E-state index is -1.02. The molecule has 2 aliphatic rings. The lowest BCUT2D eigenvalue weighted by atomic mass is 10.1. The quantitative estimate of drug-likeness (QED) is 0.577. The van der Waals surface area contributed by atoms with Crippen molar-refractivity contribution < 1.29 is 33.8 Å². The largest absolute Gasteiger partial charge is 0.486 e. The molecule has 0 saturated carbocycles. The minimum Gasteiger partial charge on any atom is -0.486 e. The first-order valence-corrected chi connectivity index (χ1v) is 9.35. The van der Waals surface area contributed by atoms with Gasteiger partial charge >= 0.3 is 5.97 Å². The number of anilines is 1. The molecule has 3 N–H and O–H groups in total. The van der Waals surface area contributed by atoms with Gasteiger partial charge in [-0.2, -0.15) is 0 Å². The van der Waals surface area contributed by atoms with Crippen LogP contribution in [0.4, 0.5) is 5.69 Å². The molecule has 156 valence electrons. The van der Waals surface area contributed by atoms with Crippen LogP contribution in [0.15, 0.2) is 18.2 Å². The molecule has 0 aliphatic carbocycles. The highest BCUT2D eigenvalue weighted by Gasteiger charge is 2.36. The number of carbonyl (C=O) groups excluding carboxylic acids is 3. The molecule has 1 fully saturated rings. The summed E-state index contributed by atoms with van der Waals surface area (Å²) in [6.45, 7) is 2.58. The van der Waals surface area contributed by atoms with Gasteiger partial charge < -0.3 is 30.1 Å². The van der Waals surface area contributed by atoms with Crippen LogP contribution in [0.1, 0.15) is 19.8 Å². The van der Waals surface area contributed by atoms with Crippen molar-refractivity contribution in [3.05, 3.63) is 18.2 Å². The van der Waals surface area contributed by atoms with E-state index < -0.39 is 29.7 Å². The highest BCUT2D eigenvalue weighted by molar-refractivity contribution is 6.01. The third-order valence-corrected chi connectivity index (χ3v) is 4.72. The van der Waals surface area contributed by atoms with Gasteiger partial charge in [-0.15, -0.1) is 0 Å². The van der Waals surface area contributed by atoms with E-state index in [1.807, 2.05) is 0 Å². The summed E-state index contributed by atoms with van der Waals surface area (Å²) in [6, 6.07) is 4.35. The zero-order chi connectivity index (χ0) is 21.0. The predicted molar refractivity (Wildman–Crippen MR) is 101 cm³/mol. The van der Waals surface area contributed by atoms with Crippen LogP contribution in [0.3, 0.4) is 0 Å². The number of hydrogen-bond donors (Lipinski definition) is 3. The van der Waals surface area contributed by atoms with Crippen LogP contribution in [0.2, 0.25) is 0 Å². The Morgan fingerprint density at radius 1 is 1.24 bits per heavy atom. The molecule has 0 radical (unpaired) electrons. The van der Waals surface area contributed by atoms with Crippen molar-refractivity contribution in [2.24, 2.45) is 5.92 Å². The third-order valence-electron chi connectivity index (χ3n) is 4.72. The van der Waals surface area contributed by atoms with Gasteiger partial charge in [-0.3, -0.25) is 19.2 Å². The molecular formula is C19H23N3O7. The van der Waals surface area contributed by atoms with Crippen LogP contribution in [-0.2, 0) is 19.2 Å². The van der Waals surface area contributed by atoms with Crippen LogP contribution < -0.4 is 25.0 Å². The molecule has 1 aromatic rings. The Labute approximate surface area is 167 Å². The van der Waals surface area contributed by atoms with E-state index >= 15 is 0 Å². The Morgan fingerprint density at radius 2 is 1.97 bits per heavy atom. The van der Waals surface area contributed by atoms with Crippen molar-refractivity contribution in [2.45, 2.75) is 25.8 Å². The van der Waals surface area contributed by atoms with Gasteiger partial charge in [0.2, 0.25) is 17.7 Å². The molecule has 3 rings (SSSR count). The van der Waals surface area contributed by atoms with Crippen molar-refractivity contribution in [2.75, 3.05) is 31.2 Å². The predicted octanol–water partition coefficient (Wildman–Crippen LogP) is -0.0937. The summed E-state index contributed by atoms with van der Waals surface area (Å²) < 4.78 is 11.0. The summed E-state index contributed by atoms with van der Waals surface area (Å²) in [6.07, 6.45) is -0.165. The Hall–Kier alpha value is -3.30. The summed E-state index contributed by atoms with van der Waals surface area (Å²) in [5, 5.41) is 13.6. The maximum absolute atomic E-state index is 12.5. The number of nitrogens with one attached hydrogen (secondary N) is 2. The topological polar surface area (TPSA) is 134 Å². The standard InChI is InChI=1S/C19H23N3O7/c1-11(18(26)20-5-4-17(24)25)21-19(27)12-8-16(23)22(10-12)13-2-3-14-15(9-13)29-7-6-28-14/h2-3,9,11-12H,4-8,10H2,1H3,(H,20,26)(H,21,27)(H,24,25)/t11-,12-/m0/s1. The fourth-order valence-electron chi connectivity index (χ4n) is 3.18. The number of carbonyl (C=O) groups is 4. The number of aliphatic carboxylic acids is 1. The van der Waals surface area contributed by atoms with E-state index in [9.17, 15) is 19.2 Å². The zero-order valence-electron chi connectivity index (χ0n) is 16.0. The number of benzene rings is 1. The van der Waals surface area contributed by atoms with E-state index in [0.29, 0.717) is 30.4 Å². The van der Waals surface area contributed by atoms with Crippen molar-refractivity contribution in [1.82, 2.24) is 10.6 Å². The molecule has 2 aliphatic heterocycles. The fraction of sp³-hybridized carbons (Fsp3) is 0.474. The number of nitrogens with zero attached hydrogens (tertiary/aromatic N) is 1. The van der Waals surface area contributed by atoms with E-state index in [4.69, 9.17) is 14.6 Å². The van der Waals surface area contributed by atoms with E-state index in [2.05, 4.69) is 10.6 Å². The fourth-order valence-corrected chi connectivity index (χ4v) is 3.18. The molecule has 0 bridgehead atoms. The number of hydrogen-bond acceptors (Lipinski definition) is 6. The second kappa shape index (κ2) is 8.80. The number of carboxylic acids is 1. The first kappa shape index (κ1) is 20.4. The Morgan fingerprint density at radius 3 is 2.69 bits per heavy atom. The van der Waals surface area contributed by atoms with Crippen LogP contribution >= 0.6 is 0 Å². The van der Waals surface area contributed by atoms with Gasteiger partial charge in [0.25, 0.3) is 0 Å². The van der Waals surface area contributed by atoms with E-state index in [-0.39, 0.29) is 31.8 Å².